The number of oxazole rings is 1. The molecule has 5 nitrogen and oxygen atoms in total. The fraction of sp³-hybridized carbons (Fsp3) is 0.0500. The molecule has 0 unspecified atom stereocenters. The van der Waals surface area contributed by atoms with Crippen molar-refractivity contribution in [3.63, 3.8) is 0 Å². The topological polar surface area (TPSA) is 72.2 Å². The Morgan fingerprint density at radius 3 is 2.54 bits per heavy atom. The predicted octanol–water partition coefficient (Wildman–Crippen LogP) is 6.02. The lowest BCUT2D eigenvalue weighted by Gasteiger charge is -2.08. The van der Waals surface area contributed by atoms with Gasteiger partial charge in [-0.2, -0.15) is 0 Å². The molecule has 4 rings (SSSR count). The first-order valence-electron chi connectivity index (χ1n) is 8.27. The van der Waals surface area contributed by atoms with E-state index in [1.54, 1.807) is 48.5 Å². The number of fused-ring (bicyclic) bond motifs is 1. The molecule has 8 heteroatoms. The summed E-state index contributed by atoms with van der Waals surface area (Å²) in [6, 6.07) is 17.0. The summed E-state index contributed by atoms with van der Waals surface area (Å²) < 4.78 is 34.4. The third-order valence-electron chi connectivity index (χ3n) is 4.13. The summed E-state index contributed by atoms with van der Waals surface area (Å²) in [4.78, 5) is 4.65. The smallest absolute Gasteiger partial charge is 0.261 e. The number of aromatic nitrogens is 1. The van der Waals surface area contributed by atoms with Gasteiger partial charge in [0.1, 0.15) is 5.52 Å². The second kappa shape index (κ2) is 7.24. The quantitative estimate of drug-likeness (QED) is 0.390. The molecule has 4 aromatic rings. The van der Waals surface area contributed by atoms with Crippen LogP contribution in [0, 0.1) is 6.92 Å². The first-order valence-corrected chi connectivity index (χ1v) is 10.9. The monoisotopic (exact) mass is 476 g/mol. The van der Waals surface area contributed by atoms with Gasteiger partial charge in [-0.3, -0.25) is 4.72 Å². The van der Waals surface area contributed by atoms with Crippen molar-refractivity contribution in [1.82, 2.24) is 4.98 Å². The van der Waals surface area contributed by atoms with Crippen LogP contribution in [0.15, 0.2) is 74.4 Å². The van der Waals surface area contributed by atoms with Crippen molar-refractivity contribution in [3.8, 4) is 11.5 Å². The molecular formula is C20H14BrClN2O3S. The van der Waals surface area contributed by atoms with Gasteiger partial charge in [-0.15, -0.1) is 0 Å². The van der Waals surface area contributed by atoms with E-state index in [1.807, 2.05) is 19.1 Å². The molecule has 28 heavy (non-hydrogen) atoms. The van der Waals surface area contributed by atoms with Gasteiger partial charge in [0.2, 0.25) is 5.89 Å². The van der Waals surface area contributed by atoms with Crippen molar-refractivity contribution in [2.75, 3.05) is 4.72 Å². The highest BCUT2D eigenvalue weighted by atomic mass is 79.9. The number of rotatable bonds is 4. The molecule has 0 aliphatic rings. The van der Waals surface area contributed by atoms with E-state index in [0.29, 0.717) is 33.3 Å². The Bertz CT molecular complexity index is 1280. The Morgan fingerprint density at radius 1 is 1.04 bits per heavy atom. The van der Waals surface area contributed by atoms with Crippen LogP contribution >= 0.6 is 27.5 Å². The molecule has 1 N–H and O–H groups in total. The summed E-state index contributed by atoms with van der Waals surface area (Å²) in [7, 11) is -3.69. The summed E-state index contributed by atoms with van der Waals surface area (Å²) in [5, 5.41) is 0.509. The van der Waals surface area contributed by atoms with Crippen molar-refractivity contribution >= 4 is 54.3 Å². The van der Waals surface area contributed by atoms with Crippen LogP contribution in [-0.4, -0.2) is 13.4 Å². The third-order valence-corrected chi connectivity index (χ3v) is 6.35. The Kier molecular flexibility index (Phi) is 4.91. The number of hydrogen-bond acceptors (Lipinski definition) is 4. The van der Waals surface area contributed by atoms with Crippen molar-refractivity contribution in [2.24, 2.45) is 0 Å². The number of halogens is 2. The van der Waals surface area contributed by atoms with Gasteiger partial charge in [-0.05, 0) is 55.5 Å². The minimum absolute atomic E-state index is 0.194. The second-order valence-electron chi connectivity index (χ2n) is 6.24. The molecular weight excluding hydrogens is 464 g/mol. The summed E-state index contributed by atoms with van der Waals surface area (Å²) in [5.41, 5.74) is 3.09. The molecule has 0 atom stereocenters. The Morgan fingerprint density at radius 2 is 1.79 bits per heavy atom. The van der Waals surface area contributed by atoms with Crippen molar-refractivity contribution in [3.05, 3.63) is 75.7 Å². The zero-order chi connectivity index (χ0) is 19.9. The van der Waals surface area contributed by atoms with Crippen LogP contribution in [0.3, 0.4) is 0 Å². The van der Waals surface area contributed by atoms with E-state index in [2.05, 4.69) is 25.6 Å². The average Bonchev–Trinajstić information content (AvgIpc) is 3.07. The molecule has 0 aliphatic carbocycles. The minimum Gasteiger partial charge on any atom is -0.436 e. The van der Waals surface area contributed by atoms with Crippen LogP contribution in [0.2, 0.25) is 5.02 Å². The van der Waals surface area contributed by atoms with Crippen molar-refractivity contribution < 1.29 is 12.8 Å². The molecule has 1 aromatic heterocycles. The molecule has 0 saturated heterocycles. The van der Waals surface area contributed by atoms with Crippen LogP contribution in [0.1, 0.15) is 5.56 Å². The number of hydrogen-bond donors (Lipinski definition) is 1. The van der Waals surface area contributed by atoms with Gasteiger partial charge >= 0.3 is 0 Å². The van der Waals surface area contributed by atoms with E-state index < -0.39 is 10.0 Å². The Hall–Kier alpha value is -2.35. The van der Waals surface area contributed by atoms with Crippen LogP contribution in [0.5, 0.6) is 0 Å². The number of sulfonamides is 1. The van der Waals surface area contributed by atoms with Crippen molar-refractivity contribution in [1.29, 1.82) is 0 Å². The largest absolute Gasteiger partial charge is 0.436 e. The van der Waals surface area contributed by atoms with E-state index in [0.717, 1.165) is 10.0 Å². The average molecular weight is 478 g/mol. The molecule has 0 saturated carbocycles. The SMILES string of the molecule is Cc1ccc(S(=O)(=O)Nc2ccc3oc(-c4cc(Br)ccc4Cl)nc3c2)cc1. The highest BCUT2D eigenvalue weighted by molar-refractivity contribution is 9.10. The zero-order valence-electron chi connectivity index (χ0n) is 14.6. The van der Waals surface area contributed by atoms with E-state index in [1.165, 1.54) is 0 Å². The minimum atomic E-state index is -3.69. The summed E-state index contributed by atoms with van der Waals surface area (Å²) in [6.07, 6.45) is 0. The molecule has 0 bridgehead atoms. The highest BCUT2D eigenvalue weighted by Crippen LogP contribution is 2.33. The Labute approximate surface area is 175 Å². The highest BCUT2D eigenvalue weighted by Gasteiger charge is 2.16. The Balaban J connectivity index is 1.68. The van der Waals surface area contributed by atoms with Gasteiger partial charge in [0.05, 0.1) is 21.2 Å². The first kappa shape index (κ1) is 19.0. The maximum Gasteiger partial charge on any atom is 0.261 e. The van der Waals surface area contributed by atoms with Crippen LogP contribution < -0.4 is 4.72 Å². The van der Waals surface area contributed by atoms with E-state index in [9.17, 15) is 8.42 Å². The van der Waals surface area contributed by atoms with Gasteiger partial charge in [0.25, 0.3) is 10.0 Å². The molecule has 0 radical (unpaired) electrons. The lowest BCUT2D eigenvalue weighted by atomic mass is 10.2. The van der Waals surface area contributed by atoms with Crippen LogP contribution in [-0.2, 0) is 10.0 Å². The fourth-order valence-corrected chi connectivity index (χ4v) is 4.31. The number of benzene rings is 3. The summed E-state index contributed by atoms with van der Waals surface area (Å²) in [6.45, 7) is 1.90. The maximum atomic E-state index is 12.6. The second-order valence-corrected chi connectivity index (χ2v) is 9.25. The lowest BCUT2D eigenvalue weighted by molar-refractivity contribution is 0.601. The van der Waals surface area contributed by atoms with Crippen molar-refractivity contribution in [2.45, 2.75) is 11.8 Å². The standard InChI is InChI=1S/C20H14BrClN2O3S/c1-12-2-6-15(7-3-12)28(25,26)24-14-5-9-19-18(11-14)23-20(27-19)16-10-13(21)4-8-17(16)22/h2-11,24H,1H3. The molecule has 1 heterocycles. The lowest BCUT2D eigenvalue weighted by Crippen LogP contribution is -2.12. The third kappa shape index (κ3) is 3.78. The number of aryl methyl sites for hydroxylation is 1. The molecule has 0 fully saturated rings. The van der Waals surface area contributed by atoms with Crippen LogP contribution in [0.25, 0.3) is 22.6 Å². The van der Waals surface area contributed by atoms with Gasteiger partial charge in [0, 0.05) is 4.47 Å². The zero-order valence-corrected chi connectivity index (χ0v) is 17.8. The molecule has 0 spiro atoms. The summed E-state index contributed by atoms with van der Waals surface area (Å²) in [5.74, 6) is 0.361. The van der Waals surface area contributed by atoms with Gasteiger partial charge in [-0.25, -0.2) is 13.4 Å². The number of anilines is 1. The van der Waals surface area contributed by atoms with E-state index in [4.69, 9.17) is 16.0 Å². The van der Waals surface area contributed by atoms with Gasteiger partial charge < -0.3 is 4.42 Å². The molecule has 142 valence electrons. The normalized spacial score (nSPS) is 11.7. The fourth-order valence-electron chi connectivity index (χ4n) is 2.70. The van der Waals surface area contributed by atoms with Gasteiger partial charge in [-0.1, -0.05) is 45.2 Å². The number of nitrogens with one attached hydrogen (secondary N) is 1. The maximum absolute atomic E-state index is 12.6. The molecule has 0 aliphatic heterocycles. The molecule has 3 aromatic carbocycles. The van der Waals surface area contributed by atoms with Crippen LogP contribution in [0.4, 0.5) is 5.69 Å². The predicted molar refractivity (Wildman–Crippen MR) is 114 cm³/mol. The summed E-state index contributed by atoms with van der Waals surface area (Å²) >= 11 is 9.65. The van der Waals surface area contributed by atoms with E-state index in [-0.39, 0.29) is 4.90 Å². The first-order chi connectivity index (χ1) is 13.3. The molecule has 0 amide bonds. The number of nitrogens with zero attached hydrogens (tertiary/aromatic N) is 1. The van der Waals surface area contributed by atoms with Gasteiger partial charge in [0.15, 0.2) is 5.58 Å². The van der Waals surface area contributed by atoms with E-state index >= 15 is 0 Å².